The van der Waals surface area contributed by atoms with Gasteiger partial charge in [0.1, 0.15) is 5.60 Å². The van der Waals surface area contributed by atoms with Crippen LogP contribution >= 0.6 is 0 Å². The Kier molecular flexibility index (Phi) is 5.15. The first-order valence-electron chi connectivity index (χ1n) is 11.0. The van der Waals surface area contributed by atoms with E-state index in [9.17, 15) is 9.59 Å². The molecule has 0 saturated carbocycles. The largest absolute Gasteiger partial charge is 0.451 e. The molecule has 0 bridgehead atoms. The van der Waals surface area contributed by atoms with Gasteiger partial charge in [-0.1, -0.05) is 12.2 Å². The van der Waals surface area contributed by atoms with Gasteiger partial charge >= 0.3 is 5.97 Å². The zero-order chi connectivity index (χ0) is 20.6. The molecule has 158 valence electrons. The van der Waals surface area contributed by atoms with E-state index in [1.165, 1.54) is 5.57 Å². The highest BCUT2D eigenvalue weighted by molar-refractivity contribution is 5.96. The normalized spacial score (nSPS) is 24.3. The summed E-state index contributed by atoms with van der Waals surface area (Å²) >= 11 is 0. The second kappa shape index (κ2) is 7.95. The lowest BCUT2D eigenvalue weighted by atomic mass is 9.79. The first-order valence-corrected chi connectivity index (χ1v) is 11.0. The molecule has 4 heterocycles. The summed E-state index contributed by atoms with van der Waals surface area (Å²) in [7, 11) is 0. The van der Waals surface area contributed by atoms with Gasteiger partial charge in [-0.05, 0) is 56.0 Å². The van der Waals surface area contributed by atoms with E-state index in [1.807, 2.05) is 17.0 Å². The van der Waals surface area contributed by atoms with Crippen molar-refractivity contribution in [1.29, 1.82) is 0 Å². The van der Waals surface area contributed by atoms with Crippen molar-refractivity contribution in [3.05, 3.63) is 47.3 Å². The molecular formula is C23H28N4O3. The molecule has 3 aliphatic heterocycles. The van der Waals surface area contributed by atoms with E-state index in [-0.39, 0.29) is 17.8 Å². The third kappa shape index (κ3) is 3.55. The molecule has 1 aromatic rings. The lowest BCUT2D eigenvalue weighted by Gasteiger charge is -2.42. The number of piperidine rings is 2. The molecule has 1 aliphatic carbocycles. The number of carbonyl (C=O) groups excluding carboxylic acids is 2. The third-order valence-corrected chi connectivity index (χ3v) is 7.10. The number of esters is 1. The molecule has 2 saturated heterocycles. The van der Waals surface area contributed by atoms with Crippen LogP contribution in [0.5, 0.6) is 0 Å². The Labute approximate surface area is 176 Å². The van der Waals surface area contributed by atoms with Gasteiger partial charge in [-0.3, -0.25) is 9.69 Å². The lowest BCUT2D eigenvalue weighted by molar-refractivity contribution is -0.153. The zero-order valence-corrected chi connectivity index (χ0v) is 17.3. The summed E-state index contributed by atoms with van der Waals surface area (Å²) in [6.45, 7) is 4.07. The quantitative estimate of drug-likeness (QED) is 0.714. The molecular weight excluding hydrogens is 380 g/mol. The maximum absolute atomic E-state index is 13.1. The van der Waals surface area contributed by atoms with Gasteiger partial charge in [0.15, 0.2) is 0 Å². The number of rotatable bonds is 3. The van der Waals surface area contributed by atoms with Crippen LogP contribution in [0.3, 0.4) is 0 Å². The van der Waals surface area contributed by atoms with E-state index < -0.39 is 5.60 Å². The molecule has 1 aromatic heterocycles. The predicted molar refractivity (Wildman–Crippen MR) is 110 cm³/mol. The SMILES string of the molecule is O=C1OC2(CCN(C(=O)C3CCN(Cc4ccnnc4)CC3)CC2)C2=C1C=CCC2. The lowest BCUT2D eigenvalue weighted by Crippen LogP contribution is -2.50. The van der Waals surface area contributed by atoms with Crippen molar-refractivity contribution in [3.8, 4) is 0 Å². The van der Waals surface area contributed by atoms with E-state index in [4.69, 9.17) is 4.74 Å². The van der Waals surface area contributed by atoms with Gasteiger partial charge in [0.05, 0.1) is 11.8 Å². The fourth-order valence-corrected chi connectivity index (χ4v) is 5.38. The summed E-state index contributed by atoms with van der Waals surface area (Å²) in [5.74, 6) is 0.194. The van der Waals surface area contributed by atoms with Crippen molar-refractivity contribution in [3.63, 3.8) is 0 Å². The first-order chi connectivity index (χ1) is 14.6. The number of ether oxygens (including phenoxy) is 1. The van der Waals surface area contributed by atoms with Crippen LogP contribution < -0.4 is 0 Å². The summed E-state index contributed by atoms with van der Waals surface area (Å²) in [4.78, 5) is 29.8. The highest BCUT2D eigenvalue weighted by Crippen LogP contribution is 2.45. The molecule has 0 unspecified atom stereocenters. The Morgan fingerprint density at radius 2 is 1.97 bits per heavy atom. The first kappa shape index (κ1) is 19.4. The molecule has 0 aromatic carbocycles. The molecule has 2 fully saturated rings. The van der Waals surface area contributed by atoms with Gasteiger partial charge in [0.25, 0.3) is 0 Å². The fourth-order valence-electron chi connectivity index (χ4n) is 5.38. The van der Waals surface area contributed by atoms with Gasteiger partial charge in [-0.2, -0.15) is 10.2 Å². The topological polar surface area (TPSA) is 75.6 Å². The Morgan fingerprint density at radius 1 is 1.17 bits per heavy atom. The summed E-state index contributed by atoms with van der Waals surface area (Å²) in [5, 5.41) is 7.76. The van der Waals surface area contributed by atoms with Gasteiger partial charge in [0, 0.05) is 44.6 Å². The van der Waals surface area contributed by atoms with Crippen LogP contribution in [0, 0.1) is 5.92 Å². The molecule has 7 nitrogen and oxygen atoms in total. The van der Waals surface area contributed by atoms with Crippen LogP contribution in [-0.2, 0) is 20.9 Å². The maximum Gasteiger partial charge on any atom is 0.339 e. The van der Waals surface area contributed by atoms with Crippen LogP contribution in [0.4, 0.5) is 0 Å². The minimum Gasteiger partial charge on any atom is -0.451 e. The third-order valence-electron chi connectivity index (χ3n) is 7.10. The monoisotopic (exact) mass is 408 g/mol. The van der Waals surface area contributed by atoms with E-state index in [0.29, 0.717) is 13.1 Å². The van der Waals surface area contributed by atoms with Crippen molar-refractivity contribution in [2.45, 2.75) is 50.7 Å². The number of allylic oxidation sites excluding steroid dienone is 1. The number of hydrogen-bond donors (Lipinski definition) is 0. The molecule has 1 spiro atoms. The zero-order valence-electron chi connectivity index (χ0n) is 17.3. The van der Waals surface area contributed by atoms with Gasteiger partial charge in [0.2, 0.25) is 5.91 Å². The van der Waals surface area contributed by atoms with Crippen LogP contribution in [-0.4, -0.2) is 63.7 Å². The Bertz CT molecular complexity index is 879. The number of amides is 1. The molecule has 0 N–H and O–H groups in total. The average Bonchev–Trinajstić information content (AvgIpc) is 3.07. The Morgan fingerprint density at radius 3 is 2.70 bits per heavy atom. The molecule has 0 atom stereocenters. The Hall–Kier alpha value is -2.54. The van der Waals surface area contributed by atoms with Crippen molar-refractivity contribution in [1.82, 2.24) is 20.0 Å². The molecule has 0 radical (unpaired) electrons. The molecule has 5 rings (SSSR count). The van der Waals surface area contributed by atoms with Crippen molar-refractivity contribution in [2.75, 3.05) is 26.2 Å². The average molecular weight is 409 g/mol. The van der Waals surface area contributed by atoms with Gasteiger partial charge in [-0.25, -0.2) is 4.79 Å². The number of likely N-dealkylation sites (tertiary alicyclic amines) is 2. The summed E-state index contributed by atoms with van der Waals surface area (Å²) < 4.78 is 5.86. The van der Waals surface area contributed by atoms with Crippen molar-refractivity contribution in [2.24, 2.45) is 5.92 Å². The van der Waals surface area contributed by atoms with Gasteiger partial charge < -0.3 is 9.64 Å². The van der Waals surface area contributed by atoms with E-state index >= 15 is 0 Å². The fraction of sp³-hybridized carbons (Fsp3) is 0.565. The predicted octanol–water partition coefficient (Wildman–Crippen LogP) is 2.25. The summed E-state index contributed by atoms with van der Waals surface area (Å²) in [6, 6.07) is 1.99. The molecule has 30 heavy (non-hydrogen) atoms. The van der Waals surface area contributed by atoms with Gasteiger partial charge in [-0.15, -0.1) is 0 Å². The highest BCUT2D eigenvalue weighted by Gasteiger charge is 2.49. The van der Waals surface area contributed by atoms with Crippen LogP contribution in [0.15, 0.2) is 41.8 Å². The molecule has 1 amide bonds. The second-order valence-corrected chi connectivity index (χ2v) is 8.84. The number of fused-ring (bicyclic) bond motifs is 1. The minimum atomic E-state index is -0.462. The highest BCUT2D eigenvalue weighted by atomic mass is 16.6. The number of aromatic nitrogens is 2. The van der Waals surface area contributed by atoms with Crippen molar-refractivity contribution >= 4 is 11.9 Å². The minimum absolute atomic E-state index is 0.101. The Balaban J connectivity index is 1.15. The standard InChI is InChI=1S/C23H28N4O3/c28-21(18-6-11-26(12-7-18)16-17-5-10-24-25-15-17)27-13-8-23(9-14-27)20-4-2-1-3-19(20)22(29)30-23/h1,3,5,10,15,18H,2,4,6-9,11-14,16H2. The molecule has 7 heteroatoms. The second-order valence-electron chi connectivity index (χ2n) is 8.84. The number of nitrogens with zero attached hydrogens (tertiary/aromatic N) is 4. The van der Waals surface area contributed by atoms with E-state index in [0.717, 1.165) is 69.3 Å². The summed E-state index contributed by atoms with van der Waals surface area (Å²) in [6.07, 6.45) is 12.6. The van der Waals surface area contributed by atoms with Crippen LogP contribution in [0.25, 0.3) is 0 Å². The maximum atomic E-state index is 13.1. The summed E-state index contributed by atoms with van der Waals surface area (Å²) in [5.41, 5.74) is 2.63. The van der Waals surface area contributed by atoms with Crippen LogP contribution in [0.1, 0.15) is 44.1 Å². The van der Waals surface area contributed by atoms with E-state index in [2.05, 4.69) is 21.2 Å². The molecule has 4 aliphatic rings. The van der Waals surface area contributed by atoms with Crippen molar-refractivity contribution < 1.29 is 14.3 Å². The number of carbonyl (C=O) groups is 2. The van der Waals surface area contributed by atoms with E-state index in [1.54, 1.807) is 12.4 Å². The van der Waals surface area contributed by atoms with Crippen LogP contribution in [0.2, 0.25) is 0 Å². The smallest absolute Gasteiger partial charge is 0.339 e. The number of hydrogen-bond acceptors (Lipinski definition) is 6.